The summed E-state index contributed by atoms with van der Waals surface area (Å²) in [7, 11) is 2.00. The number of anilines is 1. The lowest BCUT2D eigenvalue weighted by Gasteiger charge is -2.35. The Hall–Kier alpha value is -3.26. The molecule has 0 aromatic heterocycles. The summed E-state index contributed by atoms with van der Waals surface area (Å²) in [5.41, 5.74) is 3.20. The number of nitrogens with zero attached hydrogens (tertiary/aromatic N) is 4. The molecule has 0 spiro atoms. The van der Waals surface area contributed by atoms with Crippen LogP contribution in [-0.4, -0.2) is 71.6 Å². The first-order valence-corrected chi connectivity index (χ1v) is 11.8. The number of piperazine rings is 1. The number of hydrogen-bond acceptors (Lipinski definition) is 6. The number of nitroso groups, excluding NO2 is 1. The van der Waals surface area contributed by atoms with Crippen LogP contribution >= 0.6 is 0 Å². The van der Waals surface area contributed by atoms with Crippen LogP contribution in [0.15, 0.2) is 47.6 Å². The first kappa shape index (κ1) is 23.9. The molecule has 0 radical (unpaired) electrons. The van der Waals surface area contributed by atoms with Gasteiger partial charge in [0.1, 0.15) is 12.1 Å². The Morgan fingerprint density at radius 2 is 1.59 bits per heavy atom. The van der Waals surface area contributed by atoms with Gasteiger partial charge in [-0.15, -0.1) is 0 Å². The number of carbonyl (C=O) groups is 2. The van der Waals surface area contributed by atoms with Gasteiger partial charge in [0.05, 0.1) is 0 Å². The van der Waals surface area contributed by atoms with Crippen molar-refractivity contribution >= 4 is 17.5 Å². The molecule has 2 aliphatic rings. The Bertz CT molecular complexity index is 1070. The van der Waals surface area contributed by atoms with Crippen molar-refractivity contribution in [3.05, 3.63) is 58.5 Å². The Balaban J connectivity index is 1.44. The Morgan fingerprint density at radius 3 is 2.15 bits per heavy atom. The maximum atomic E-state index is 13.0. The van der Waals surface area contributed by atoms with Crippen LogP contribution in [0.5, 0.6) is 0 Å². The minimum absolute atomic E-state index is 0.0662. The van der Waals surface area contributed by atoms with Gasteiger partial charge in [-0.1, -0.05) is 23.4 Å². The van der Waals surface area contributed by atoms with Gasteiger partial charge in [0, 0.05) is 56.1 Å². The van der Waals surface area contributed by atoms with Crippen molar-refractivity contribution in [3.63, 3.8) is 0 Å². The minimum atomic E-state index is -1.16. The van der Waals surface area contributed by atoms with E-state index in [0.717, 1.165) is 22.4 Å². The van der Waals surface area contributed by atoms with Crippen molar-refractivity contribution in [3.8, 4) is 11.1 Å². The zero-order chi connectivity index (χ0) is 24.5. The molecular weight excluding hydrogens is 432 g/mol. The quantitative estimate of drug-likeness (QED) is 0.635. The van der Waals surface area contributed by atoms with E-state index in [2.05, 4.69) is 23.9 Å². The third kappa shape index (κ3) is 4.82. The molecule has 1 saturated carbocycles. The zero-order valence-electron chi connectivity index (χ0n) is 20.0. The second kappa shape index (κ2) is 9.54. The number of amides is 2. The van der Waals surface area contributed by atoms with E-state index >= 15 is 0 Å². The smallest absolute Gasteiger partial charge is 0.254 e. The van der Waals surface area contributed by atoms with Crippen LogP contribution in [0.3, 0.4) is 0 Å². The molecule has 0 unspecified atom stereocenters. The van der Waals surface area contributed by atoms with Gasteiger partial charge < -0.3 is 19.8 Å². The van der Waals surface area contributed by atoms with Gasteiger partial charge in [-0.25, -0.2) is 0 Å². The summed E-state index contributed by atoms with van der Waals surface area (Å²) in [5, 5.41) is 13.1. The van der Waals surface area contributed by atoms with Gasteiger partial charge >= 0.3 is 0 Å². The van der Waals surface area contributed by atoms with Crippen molar-refractivity contribution in [1.29, 1.82) is 0 Å². The van der Waals surface area contributed by atoms with Gasteiger partial charge in [-0.3, -0.25) is 9.59 Å². The lowest BCUT2D eigenvalue weighted by atomic mass is 9.99. The maximum absolute atomic E-state index is 13.0. The van der Waals surface area contributed by atoms with Crippen LogP contribution in [0.4, 0.5) is 5.69 Å². The van der Waals surface area contributed by atoms with Crippen LogP contribution in [0.25, 0.3) is 11.1 Å². The summed E-state index contributed by atoms with van der Waals surface area (Å²) in [4.78, 5) is 41.8. The standard InChI is InChI=1S/C26H32N4O4/c1-18(2)28(3)23-9-8-21(16-22(23)17-27-34)19-4-6-20(7-5-19)24(31)29-12-14-30(15-13-29)25(32)26(33)10-11-26/h4-9,16,18,33H,10-15,17H2,1-3H3. The third-order valence-corrected chi connectivity index (χ3v) is 6.91. The van der Waals surface area contributed by atoms with Crippen molar-refractivity contribution in [1.82, 2.24) is 9.80 Å². The van der Waals surface area contributed by atoms with E-state index in [-0.39, 0.29) is 18.4 Å². The van der Waals surface area contributed by atoms with Crippen molar-refractivity contribution in [2.45, 2.75) is 44.9 Å². The molecule has 2 fully saturated rings. The highest BCUT2D eigenvalue weighted by atomic mass is 16.3. The summed E-state index contributed by atoms with van der Waals surface area (Å²) < 4.78 is 0. The average Bonchev–Trinajstić information content (AvgIpc) is 3.61. The Labute approximate surface area is 200 Å². The molecule has 2 aromatic rings. The lowest BCUT2D eigenvalue weighted by molar-refractivity contribution is -0.143. The van der Waals surface area contributed by atoms with Crippen LogP contribution in [0.2, 0.25) is 0 Å². The SMILES string of the molecule is CC(C)N(C)c1ccc(-c2ccc(C(=O)N3CCN(C(=O)C4(O)CC4)CC3)cc2)cc1CN=O. The lowest BCUT2D eigenvalue weighted by Crippen LogP contribution is -2.53. The highest BCUT2D eigenvalue weighted by Crippen LogP contribution is 2.37. The molecule has 1 aliphatic carbocycles. The van der Waals surface area contributed by atoms with E-state index in [4.69, 9.17) is 0 Å². The first-order chi connectivity index (χ1) is 16.2. The molecule has 1 N–H and O–H groups in total. The van der Waals surface area contributed by atoms with Gasteiger partial charge in [0.2, 0.25) is 0 Å². The molecular formula is C26H32N4O4. The number of hydrogen-bond donors (Lipinski definition) is 1. The molecule has 4 rings (SSSR count). The fourth-order valence-corrected chi connectivity index (χ4v) is 4.31. The van der Waals surface area contributed by atoms with Gasteiger partial charge in [-0.2, -0.15) is 4.91 Å². The predicted molar refractivity (Wildman–Crippen MR) is 132 cm³/mol. The number of benzene rings is 2. The third-order valence-electron chi connectivity index (χ3n) is 6.91. The number of carbonyl (C=O) groups excluding carboxylic acids is 2. The Kier molecular flexibility index (Phi) is 6.70. The molecule has 34 heavy (non-hydrogen) atoms. The summed E-state index contributed by atoms with van der Waals surface area (Å²) >= 11 is 0. The first-order valence-electron chi connectivity index (χ1n) is 11.8. The van der Waals surface area contributed by atoms with Gasteiger partial charge in [0.15, 0.2) is 0 Å². The van der Waals surface area contributed by atoms with E-state index in [9.17, 15) is 19.6 Å². The second-order valence-corrected chi connectivity index (χ2v) is 9.53. The predicted octanol–water partition coefficient (Wildman–Crippen LogP) is 3.27. The van der Waals surface area contributed by atoms with Crippen LogP contribution in [-0.2, 0) is 11.3 Å². The highest BCUT2D eigenvalue weighted by molar-refractivity contribution is 5.95. The molecule has 2 amide bonds. The van der Waals surface area contributed by atoms with E-state index in [1.165, 1.54) is 0 Å². The van der Waals surface area contributed by atoms with Crippen molar-refractivity contribution in [2.75, 3.05) is 38.1 Å². The van der Waals surface area contributed by atoms with Gasteiger partial charge in [0.25, 0.3) is 11.8 Å². The fourth-order valence-electron chi connectivity index (χ4n) is 4.31. The summed E-state index contributed by atoms with van der Waals surface area (Å²) in [6.45, 7) is 6.07. The summed E-state index contributed by atoms with van der Waals surface area (Å²) in [6, 6.07) is 13.7. The molecule has 8 heteroatoms. The normalized spacial score (nSPS) is 17.0. The number of rotatable bonds is 7. The van der Waals surface area contributed by atoms with Gasteiger partial charge in [-0.05, 0) is 62.1 Å². The summed E-state index contributed by atoms with van der Waals surface area (Å²) in [5.74, 6) is -0.276. The molecule has 1 aliphatic heterocycles. The molecule has 1 saturated heterocycles. The Morgan fingerprint density at radius 1 is 1.00 bits per heavy atom. The van der Waals surface area contributed by atoms with Crippen LogP contribution < -0.4 is 4.90 Å². The molecule has 0 atom stereocenters. The van der Waals surface area contributed by atoms with E-state index in [1.54, 1.807) is 9.80 Å². The van der Waals surface area contributed by atoms with E-state index < -0.39 is 5.60 Å². The average molecular weight is 465 g/mol. The van der Waals surface area contributed by atoms with Crippen molar-refractivity contribution in [2.24, 2.45) is 5.18 Å². The minimum Gasteiger partial charge on any atom is -0.380 e. The van der Waals surface area contributed by atoms with Crippen LogP contribution in [0.1, 0.15) is 42.6 Å². The monoisotopic (exact) mass is 464 g/mol. The fraction of sp³-hybridized carbons (Fsp3) is 0.462. The molecule has 180 valence electrons. The van der Waals surface area contributed by atoms with Crippen molar-refractivity contribution < 1.29 is 14.7 Å². The zero-order valence-corrected chi connectivity index (χ0v) is 20.0. The molecule has 0 bridgehead atoms. The molecule has 1 heterocycles. The van der Waals surface area contributed by atoms with Crippen LogP contribution in [0, 0.1) is 4.91 Å². The largest absolute Gasteiger partial charge is 0.380 e. The number of aliphatic hydroxyl groups is 1. The highest BCUT2D eigenvalue weighted by Gasteiger charge is 2.50. The summed E-state index contributed by atoms with van der Waals surface area (Å²) in [6.07, 6.45) is 1.06. The molecule has 8 nitrogen and oxygen atoms in total. The van der Waals surface area contributed by atoms with E-state index in [0.29, 0.717) is 50.6 Å². The molecule has 2 aromatic carbocycles. The van der Waals surface area contributed by atoms with E-state index in [1.807, 2.05) is 49.5 Å². The second-order valence-electron chi connectivity index (χ2n) is 9.53. The maximum Gasteiger partial charge on any atom is 0.254 e. The topological polar surface area (TPSA) is 93.5 Å².